The Morgan fingerprint density at radius 3 is 2.37 bits per heavy atom. The first kappa shape index (κ1) is 29.7. The van der Waals surface area contributed by atoms with Crippen LogP contribution in [0, 0.1) is 6.92 Å². The molecule has 1 heterocycles. The van der Waals surface area contributed by atoms with Crippen LogP contribution in [0.4, 0.5) is 0 Å². The number of benzene rings is 2. The minimum absolute atomic E-state index is 0.296. The molecule has 206 valence electrons. The van der Waals surface area contributed by atoms with Gasteiger partial charge in [-0.25, -0.2) is 4.79 Å². The minimum Gasteiger partial charge on any atom is -0.490 e. The maximum absolute atomic E-state index is 12.6. The van der Waals surface area contributed by atoms with Crippen molar-refractivity contribution in [2.24, 2.45) is 0 Å². The Balaban J connectivity index is 1.68. The molecule has 6 nitrogen and oxygen atoms in total. The Hall–Kier alpha value is -2.90. The molecule has 0 saturated heterocycles. The number of carbonyl (C=O) groups excluding carboxylic acids is 1. The van der Waals surface area contributed by atoms with E-state index in [2.05, 4.69) is 30.4 Å². The molecule has 2 aromatic carbocycles. The number of aliphatic carboxylic acids is 1. The third-order valence-electron chi connectivity index (χ3n) is 7.49. The van der Waals surface area contributed by atoms with Crippen molar-refractivity contribution in [2.75, 3.05) is 6.61 Å². The Kier molecular flexibility index (Phi) is 9.60. The van der Waals surface area contributed by atoms with Crippen LogP contribution in [0.15, 0.2) is 42.5 Å². The number of ether oxygens (including phenoxy) is 1. The molecule has 0 bridgehead atoms. The van der Waals surface area contributed by atoms with Gasteiger partial charge in [0.2, 0.25) is 0 Å². The van der Waals surface area contributed by atoms with Crippen molar-refractivity contribution in [3.8, 4) is 5.75 Å². The number of nitrogens with one attached hydrogen (secondary N) is 1. The Bertz CT molecular complexity index is 1270. The van der Waals surface area contributed by atoms with Crippen molar-refractivity contribution in [1.82, 2.24) is 5.32 Å². The molecule has 0 fully saturated rings. The highest BCUT2D eigenvalue weighted by molar-refractivity contribution is 7.19. The number of rotatable bonds is 13. The highest BCUT2D eigenvalue weighted by atomic mass is 32.1. The average Bonchev–Trinajstić information content (AvgIpc) is 3.31. The molecule has 38 heavy (non-hydrogen) atoms. The van der Waals surface area contributed by atoms with Gasteiger partial charge in [0, 0.05) is 15.1 Å². The van der Waals surface area contributed by atoms with E-state index in [0.29, 0.717) is 30.9 Å². The molecule has 0 aliphatic rings. The summed E-state index contributed by atoms with van der Waals surface area (Å²) in [7, 11) is 0. The fourth-order valence-electron chi connectivity index (χ4n) is 4.39. The summed E-state index contributed by atoms with van der Waals surface area (Å²) in [5.41, 5.74) is 0.669. The average molecular weight is 540 g/mol. The number of aryl methyl sites for hydroxylation is 2. The molecule has 1 unspecified atom stereocenters. The van der Waals surface area contributed by atoms with Crippen LogP contribution in [0.2, 0.25) is 0 Å². The number of hydrogen-bond donors (Lipinski definition) is 3. The van der Waals surface area contributed by atoms with E-state index >= 15 is 0 Å². The Labute approximate surface area is 230 Å². The second kappa shape index (κ2) is 12.3. The monoisotopic (exact) mass is 539 g/mol. The molecule has 3 rings (SSSR count). The zero-order valence-electron chi connectivity index (χ0n) is 23.4. The van der Waals surface area contributed by atoms with Gasteiger partial charge in [0.25, 0.3) is 5.91 Å². The van der Waals surface area contributed by atoms with Gasteiger partial charge >= 0.3 is 5.97 Å². The van der Waals surface area contributed by atoms with E-state index in [4.69, 9.17) is 4.74 Å². The van der Waals surface area contributed by atoms with Gasteiger partial charge in [-0.15, -0.1) is 11.3 Å². The van der Waals surface area contributed by atoms with Gasteiger partial charge in [0.05, 0.1) is 5.60 Å². The number of carbonyl (C=O) groups is 2. The number of amides is 1. The largest absolute Gasteiger partial charge is 0.490 e. The normalized spacial score (nSPS) is 12.9. The van der Waals surface area contributed by atoms with Gasteiger partial charge in [-0.2, -0.15) is 0 Å². The fraction of sp³-hybridized carbons (Fsp3) is 0.484. The molecular weight excluding hydrogens is 498 g/mol. The van der Waals surface area contributed by atoms with Gasteiger partial charge in [0.1, 0.15) is 17.9 Å². The second-order valence-corrected chi connectivity index (χ2v) is 11.9. The van der Waals surface area contributed by atoms with E-state index < -0.39 is 23.0 Å². The maximum Gasteiger partial charge on any atom is 0.328 e. The Morgan fingerprint density at radius 2 is 1.76 bits per heavy atom. The van der Waals surface area contributed by atoms with Gasteiger partial charge in [-0.3, -0.25) is 4.79 Å². The molecule has 1 amide bonds. The van der Waals surface area contributed by atoms with E-state index in [1.54, 1.807) is 17.4 Å². The molecule has 0 spiro atoms. The first-order valence-electron chi connectivity index (χ1n) is 13.5. The van der Waals surface area contributed by atoms with Gasteiger partial charge in [-0.1, -0.05) is 39.0 Å². The van der Waals surface area contributed by atoms with Crippen molar-refractivity contribution < 1.29 is 24.5 Å². The van der Waals surface area contributed by atoms with Crippen LogP contribution < -0.4 is 10.1 Å². The number of fused-ring (bicyclic) bond motifs is 1. The summed E-state index contributed by atoms with van der Waals surface area (Å²) in [6.07, 6.45) is 4.29. The SMILES string of the molecule is CCC(CCc1ccc(OCC(O)(CC)CC)c(C)c1)c1cc2ccc(C(=O)NC(C)(C)C(=O)O)cc2s1. The Morgan fingerprint density at radius 1 is 1.05 bits per heavy atom. The summed E-state index contributed by atoms with van der Waals surface area (Å²) in [5.74, 6) is -0.250. The van der Waals surface area contributed by atoms with Gasteiger partial charge < -0.3 is 20.3 Å². The van der Waals surface area contributed by atoms with Crippen LogP contribution in [0.1, 0.15) is 92.6 Å². The molecular formula is C31H41NO5S. The first-order valence-corrected chi connectivity index (χ1v) is 14.3. The number of hydrogen-bond acceptors (Lipinski definition) is 5. The molecule has 7 heteroatoms. The molecule has 3 N–H and O–H groups in total. The van der Waals surface area contributed by atoms with E-state index in [9.17, 15) is 19.8 Å². The second-order valence-electron chi connectivity index (χ2n) is 10.7. The van der Waals surface area contributed by atoms with E-state index in [1.807, 2.05) is 39.0 Å². The summed E-state index contributed by atoms with van der Waals surface area (Å²) in [4.78, 5) is 25.3. The predicted molar refractivity (Wildman–Crippen MR) is 155 cm³/mol. The number of carboxylic acid groups (broad SMARTS) is 1. The lowest BCUT2D eigenvalue weighted by molar-refractivity contribution is -0.143. The van der Waals surface area contributed by atoms with E-state index in [0.717, 1.165) is 40.7 Å². The molecule has 1 aromatic heterocycles. The molecule has 3 aromatic rings. The smallest absolute Gasteiger partial charge is 0.328 e. The molecule has 0 saturated carbocycles. The predicted octanol–water partition coefficient (Wildman–Crippen LogP) is 6.86. The van der Waals surface area contributed by atoms with Crippen LogP contribution in [-0.2, 0) is 11.2 Å². The lowest BCUT2D eigenvalue weighted by Gasteiger charge is -2.25. The summed E-state index contributed by atoms with van der Waals surface area (Å²) < 4.78 is 6.97. The van der Waals surface area contributed by atoms with Crippen molar-refractivity contribution in [3.63, 3.8) is 0 Å². The third kappa shape index (κ3) is 7.14. The lowest BCUT2D eigenvalue weighted by Crippen LogP contribution is -2.49. The molecule has 0 aliphatic carbocycles. The van der Waals surface area contributed by atoms with Crippen LogP contribution in [0.3, 0.4) is 0 Å². The molecule has 0 aliphatic heterocycles. The lowest BCUT2D eigenvalue weighted by atomic mass is 9.94. The van der Waals surface area contributed by atoms with Crippen molar-refractivity contribution in [2.45, 2.75) is 90.7 Å². The maximum atomic E-state index is 12.6. The standard InChI is InChI=1S/C31H41NO5S/c1-7-22(12-10-21-11-15-25(20(4)16-21)37-19-31(36,8-2)9-3)26-17-23-13-14-24(18-27(23)38-26)28(33)32-30(5,6)29(34)35/h11,13-18,22,36H,7-10,12,19H2,1-6H3,(H,32,33)(H,34,35). The quantitative estimate of drug-likeness (QED) is 0.221. The molecule has 1 atom stereocenters. The van der Waals surface area contributed by atoms with Crippen LogP contribution in [-0.4, -0.2) is 39.8 Å². The zero-order valence-corrected chi connectivity index (χ0v) is 24.2. The topological polar surface area (TPSA) is 95.9 Å². The van der Waals surface area contributed by atoms with E-state index in [-0.39, 0.29) is 0 Å². The number of carboxylic acids is 1. The summed E-state index contributed by atoms with van der Waals surface area (Å²) in [5, 5.41) is 23.5. The number of thiophene rings is 1. The van der Waals surface area contributed by atoms with Crippen molar-refractivity contribution in [3.05, 3.63) is 64.0 Å². The van der Waals surface area contributed by atoms with Gasteiger partial charge in [-0.05, 0) is 99.6 Å². The van der Waals surface area contributed by atoms with E-state index in [1.165, 1.54) is 24.3 Å². The first-order chi connectivity index (χ1) is 17.9. The number of aliphatic hydroxyl groups is 1. The van der Waals surface area contributed by atoms with Crippen LogP contribution >= 0.6 is 11.3 Å². The molecule has 0 radical (unpaired) electrons. The van der Waals surface area contributed by atoms with Crippen molar-refractivity contribution >= 4 is 33.3 Å². The third-order valence-corrected chi connectivity index (χ3v) is 8.75. The highest BCUT2D eigenvalue weighted by Crippen LogP contribution is 2.36. The van der Waals surface area contributed by atoms with Gasteiger partial charge in [0.15, 0.2) is 0 Å². The fourth-order valence-corrected chi connectivity index (χ4v) is 5.71. The summed E-state index contributed by atoms with van der Waals surface area (Å²) >= 11 is 1.70. The van der Waals surface area contributed by atoms with Crippen LogP contribution in [0.25, 0.3) is 10.1 Å². The van der Waals surface area contributed by atoms with Crippen LogP contribution in [0.5, 0.6) is 5.75 Å². The highest BCUT2D eigenvalue weighted by Gasteiger charge is 2.29. The summed E-state index contributed by atoms with van der Waals surface area (Å²) in [6.45, 7) is 11.4. The minimum atomic E-state index is -1.34. The summed E-state index contributed by atoms with van der Waals surface area (Å²) in [6, 6.07) is 14.0. The zero-order chi connectivity index (χ0) is 28.1. The van der Waals surface area contributed by atoms with Crippen molar-refractivity contribution in [1.29, 1.82) is 0 Å².